The number of fused-ring (bicyclic) bond motifs is 3. The van der Waals surface area contributed by atoms with E-state index in [-0.39, 0.29) is 29.6 Å². The maximum atomic E-state index is 11.7. The highest BCUT2D eigenvalue weighted by atomic mass is 16.1. The van der Waals surface area contributed by atoms with Gasteiger partial charge in [-0.2, -0.15) is 5.26 Å². The highest BCUT2D eigenvalue weighted by molar-refractivity contribution is 5.93. The van der Waals surface area contributed by atoms with E-state index in [1.165, 1.54) is 12.8 Å². The zero-order valence-corrected chi connectivity index (χ0v) is 19.2. The minimum atomic E-state index is -0.276. The number of rotatable bonds is 6. The number of dihydropyridines is 1. The smallest absolute Gasteiger partial charge is 0.271 e. The molecule has 10 heteroatoms. The number of aliphatic imine (C=N–C) groups is 2. The fourth-order valence-electron chi connectivity index (χ4n) is 5.43. The van der Waals surface area contributed by atoms with Gasteiger partial charge in [0.25, 0.3) is 5.91 Å². The Kier molecular flexibility index (Phi) is 6.36. The van der Waals surface area contributed by atoms with Crippen LogP contribution in [0.25, 0.3) is 0 Å². The van der Waals surface area contributed by atoms with Gasteiger partial charge in [-0.05, 0) is 50.0 Å². The molecule has 5 atom stereocenters. The Hall–Kier alpha value is -3.58. The lowest BCUT2D eigenvalue weighted by atomic mass is 9.92. The second-order valence-corrected chi connectivity index (χ2v) is 9.08. The summed E-state index contributed by atoms with van der Waals surface area (Å²) in [6.07, 6.45) is 13.0. The molecule has 4 aliphatic heterocycles. The highest BCUT2D eigenvalue weighted by Gasteiger charge is 2.41. The molecule has 2 bridgehead atoms. The molecule has 1 aromatic heterocycles. The van der Waals surface area contributed by atoms with E-state index >= 15 is 0 Å². The molecule has 0 radical (unpaired) electrons. The van der Waals surface area contributed by atoms with E-state index in [4.69, 9.17) is 10.3 Å². The summed E-state index contributed by atoms with van der Waals surface area (Å²) < 4.78 is 0. The number of piperidine rings is 1. The van der Waals surface area contributed by atoms with Crippen LogP contribution in [0.5, 0.6) is 0 Å². The van der Waals surface area contributed by atoms with E-state index in [1.54, 1.807) is 19.2 Å². The van der Waals surface area contributed by atoms with Gasteiger partial charge in [-0.25, -0.2) is 0 Å². The first-order chi connectivity index (χ1) is 16.6. The molecular formula is C24H29N9O. The van der Waals surface area contributed by atoms with E-state index < -0.39 is 0 Å². The van der Waals surface area contributed by atoms with Crippen molar-refractivity contribution >= 4 is 23.8 Å². The number of anilines is 1. The second-order valence-electron chi connectivity index (χ2n) is 9.08. The third-order valence-electron chi connectivity index (χ3n) is 7.00. The molecule has 0 aromatic carbocycles. The number of carbonyl (C=O) groups is 1. The molecule has 3 N–H and O–H groups in total. The summed E-state index contributed by atoms with van der Waals surface area (Å²) in [6.45, 7) is 0.867. The van der Waals surface area contributed by atoms with Gasteiger partial charge < -0.3 is 16.0 Å². The number of nitriles is 1. The predicted molar refractivity (Wildman–Crippen MR) is 129 cm³/mol. The highest BCUT2D eigenvalue weighted by Crippen LogP contribution is 2.37. The first-order valence-corrected chi connectivity index (χ1v) is 11.9. The van der Waals surface area contributed by atoms with Gasteiger partial charge in [0.1, 0.15) is 11.7 Å². The molecule has 3 unspecified atom stereocenters. The van der Waals surface area contributed by atoms with E-state index in [0.29, 0.717) is 24.3 Å². The molecule has 4 aliphatic rings. The van der Waals surface area contributed by atoms with Gasteiger partial charge in [0.05, 0.1) is 24.1 Å². The molecule has 0 aliphatic carbocycles. The number of allylic oxidation sites excluding steroid dienone is 1. The van der Waals surface area contributed by atoms with Gasteiger partial charge >= 0.3 is 0 Å². The third kappa shape index (κ3) is 4.56. The number of aromatic nitrogens is 2. The van der Waals surface area contributed by atoms with Gasteiger partial charge in [0.15, 0.2) is 11.5 Å². The molecule has 1 amide bonds. The predicted octanol–water partition coefficient (Wildman–Crippen LogP) is 1.63. The normalized spacial score (nSPS) is 30.8. The number of hydrogen-bond donors (Lipinski definition) is 3. The summed E-state index contributed by atoms with van der Waals surface area (Å²) in [6, 6.07) is 6.88. The Morgan fingerprint density at radius 1 is 1.29 bits per heavy atom. The molecule has 10 nitrogen and oxygen atoms in total. The molecule has 0 spiro atoms. The largest absolute Gasteiger partial charge is 0.354 e. The number of hydrogen-bond acceptors (Lipinski definition) is 8. The lowest BCUT2D eigenvalue weighted by Gasteiger charge is -2.38. The number of nitrogens with zero attached hydrogens (tertiary/aromatic N) is 6. The maximum Gasteiger partial charge on any atom is 0.271 e. The van der Waals surface area contributed by atoms with E-state index in [2.05, 4.69) is 48.2 Å². The standard InChI is InChI=1S/C24H29N9O/c1-26-24(34)19-7-8-21(32-31-19)29-22-14-20-18(4-2-10-27-20)23(30-22)28-15-12-16-5-6-17(13-15)33(16)11-3-9-25/h2,4,7-8,10,14-18,20H,3,5-6,11-13H2,1H3,(H,26,34)(H,28,30)(H,29,32)/t15?,16-,17+,18?,20?. The van der Waals surface area contributed by atoms with Crippen LogP contribution in [0.4, 0.5) is 5.82 Å². The van der Waals surface area contributed by atoms with Crippen molar-refractivity contribution in [2.75, 3.05) is 18.9 Å². The van der Waals surface area contributed by atoms with Crippen LogP contribution in [0.2, 0.25) is 0 Å². The molecule has 34 heavy (non-hydrogen) atoms. The lowest BCUT2D eigenvalue weighted by Crippen LogP contribution is -2.47. The Morgan fingerprint density at radius 2 is 2.12 bits per heavy atom. The summed E-state index contributed by atoms with van der Waals surface area (Å²) in [5.41, 5.74) is 0.263. The summed E-state index contributed by atoms with van der Waals surface area (Å²) in [7, 11) is 1.56. The second kappa shape index (κ2) is 9.73. The molecule has 5 rings (SSSR count). The van der Waals surface area contributed by atoms with E-state index in [9.17, 15) is 4.79 Å². The Bertz CT molecular complexity index is 1070. The number of carbonyl (C=O) groups excluding carboxylic acids is 1. The lowest BCUT2D eigenvalue weighted by molar-refractivity contribution is 0.0957. The topological polar surface area (TPSA) is 131 Å². The van der Waals surface area contributed by atoms with E-state index in [1.807, 2.05) is 18.4 Å². The van der Waals surface area contributed by atoms with Gasteiger partial charge in [0, 0.05) is 38.3 Å². The van der Waals surface area contributed by atoms with Crippen molar-refractivity contribution in [1.29, 1.82) is 5.26 Å². The van der Waals surface area contributed by atoms with Crippen LogP contribution in [0, 0.1) is 17.2 Å². The quantitative estimate of drug-likeness (QED) is 0.589. The summed E-state index contributed by atoms with van der Waals surface area (Å²) >= 11 is 0. The van der Waals surface area contributed by atoms with Gasteiger partial charge in [-0.3, -0.25) is 19.7 Å². The Morgan fingerprint density at radius 3 is 2.82 bits per heavy atom. The first kappa shape index (κ1) is 22.2. The van der Waals surface area contributed by atoms with Crippen LogP contribution in [-0.2, 0) is 0 Å². The number of nitrogens with one attached hydrogen (secondary N) is 3. The van der Waals surface area contributed by atoms with Crippen LogP contribution < -0.4 is 16.0 Å². The minimum absolute atomic E-state index is 0.0435. The molecule has 176 valence electrons. The van der Waals surface area contributed by atoms with Crippen LogP contribution in [0.1, 0.15) is 42.6 Å². The summed E-state index contributed by atoms with van der Waals surface area (Å²) in [5.74, 6) is 1.99. The SMILES string of the molecule is CNC(=O)c1ccc(NC2=CC3N=CC=CC3C(=NC3C[C@H]4CC[C@@H](C3)N4CCC#N)N2)nn1. The Labute approximate surface area is 198 Å². The van der Waals surface area contributed by atoms with Crippen LogP contribution >= 0.6 is 0 Å². The van der Waals surface area contributed by atoms with Crippen molar-refractivity contribution in [2.45, 2.75) is 56.3 Å². The van der Waals surface area contributed by atoms with Crippen molar-refractivity contribution in [3.8, 4) is 6.07 Å². The van der Waals surface area contributed by atoms with Gasteiger partial charge in [-0.15, -0.1) is 10.2 Å². The number of amidine groups is 1. The molecule has 2 saturated heterocycles. The average Bonchev–Trinajstić information content (AvgIpc) is 3.10. The zero-order chi connectivity index (χ0) is 23.5. The fraction of sp³-hybridized carbons (Fsp3) is 0.500. The third-order valence-corrected chi connectivity index (χ3v) is 7.00. The van der Waals surface area contributed by atoms with Gasteiger partial charge in [0.2, 0.25) is 0 Å². The van der Waals surface area contributed by atoms with Crippen LogP contribution in [-0.4, -0.2) is 70.8 Å². The number of amides is 1. The average molecular weight is 460 g/mol. The monoisotopic (exact) mass is 459 g/mol. The van der Waals surface area contributed by atoms with Crippen molar-refractivity contribution in [3.05, 3.63) is 41.9 Å². The van der Waals surface area contributed by atoms with Crippen LogP contribution in [0.3, 0.4) is 0 Å². The van der Waals surface area contributed by atoms with Crippen molar-refractivity contribution < 1.29 is 4.79 Å². The molecular weight excluding hydrogens is 430 g/mol. The van der Waals surface area contributed by atoms with Crippen LogP contribution in [0.15, 0.2) is 46.2 Å². The Balaban J connectivity index is 1.31. The van der Waals surface area contributed by atoms with E-state index in [0.717, 1.165) is 31.0 Å². The molecule has 0 saturated carbocycles. The molecule has 1 aromatic rings. The zero-order valence-electron chi connectivity index (χ0n) is 19.2. The first-order valence-electron chi connectivity index (χ1n) is 11.9. The summed E-state index contributed by atoms with van der Waals surface area (Å²) in [5, 5.41) is 26.4. The molecule has 5 heterocycles. The minimum Gasteiger partial charge on any atom is -0.354 e. The fourth-order valence-corrected chi connectivity index (χ4v) is 5.43. The summed E-state index contributed by atoms with van der Waals surface area (Å²) in [4.78, 5) is 24.1. The van der Waals surface area contributed by atoms with Crippen molar-refractivity contribution in [3.63, 3.8) is 0 Å². The van der Waals surface area contributed by atoms with Crippen molar-refractivity contribution in [2.24, 2.45) is 15.9 Å². The maximum absolute atomic E-state index is 11.7. The molecule has 2 fully saturated rings. The van der Waals surface area contributed by atoms with Gasteiger partial charge in [-0.1, -0.05) is 6.08 Å². The van der Waals surface area contributed by atoms with Crippen molar-refractivity contribution in [1.82, 2.24) is 25.7 Å².